The molecule has 0 saturated heterocycles. The second kappa shape index (κ2) is 7.97. The average molecular weight is 367 g/mol. The van der Waals surface area contributed by atoms with Gasteiger partial charge in [0.1, 0.15) is 5.69 Å². The van der Waals surface area contributed by atoms with Gasteiger partial charge in [0.25, 0.3) is 5.91 Å². The van der Waals surface area contributed by atoms with E-state index in [0.29, 0.717) is 16.5 Å². The minimum absolute atomic E-state index is 0.245. The van der Waals surface area contributed by atoms with E-state index in [9.17, 15) is 4.79 Å². The Hall–Kier alpha value is -2.92. The molecule has 1 aromatic heterocycles. The van der Waals surface area contributed by atoms with Crippen LogP contribution in [0.25, 0.3) is 0 Å². The zero-order valence-electron chi connectivity index (χ0n) is 14.6. The van der Waals surface area contributed by atoms with Crippen molar-refractivity contribution in [1.29, 1.82) is 0 Å². The van der Waals surface area contributed by atoms with Crippen molar-refractivity contribution in [3.05, 3.63) is 77.2 Å². The molecule has 3 rings (SSSR count). The molecule has 2 aromatic carbocycles. The number of aryl methyl sites for hydroxylation is 1. The van der Waals surface area contributed by atoms with Crippen LogP contribution in [0, 0.1) is 6.92 Å². The van der Waals surface area contributed by atoms with Crippen LogP contribution in [0.1, 0.15) is 23.0 Å². The SMILES string of the molecule is CCN(c1ccccc1)c1cnc(C(=O)Nc2ccc(C)c(Cl)c2)cn1. The van der Waals surface area contributed by atoms with Gasteiger partial charge in [0.15, 0.2) is 5.82 Å². The minimum atomic E-state index is -0.327. The van der Waals surface area contributed by atoms with Crippen LogP contribution < -0.4 is 10.2 Å². The Morgan fingerprint density at radius 1 is 1.12 bits per heavy atom. The van der Waals surface area contributed by atoms with Crippen molar-refractivity contribution >= 4 is 34.7 Å². The Kier molecular flexibility index (Phi) is 5.49. The van der Waals surface area contributed by atoms with E-state index in [4.69, 9.17) is 11.6 Å². The van der Waals surface area contributed by atoms with Gasteiger partial charge < -0.3 is 10.2 Å². The highest BCUT2D eigenvalue weighted by atomic mass is 35.5. The molecule has 0 saturated carbocycles. The number of hydrogen-bond acceptors (Lipinski definition) is 4. The van der Waals surface area contributed by atoms with Crippen molar-refractivity contribution in [1.82, 2.24) is 9.97 Å². The van der Waals surface area contributed by atoms with Crippen molar-refractivity contribution in [3.63, 3.8) is 0 Å². The van der Waals surface area contributed by atoms with E-state index in [0.717, 1.165) is 17.8 Å². The molecule has 0 spiro atoms. The quantitative estimate of drug-likeness (QED) is 0.701. The van der Waals surface area contributed by atoms with Crippen LogP contribution in [-0.4, -0.2) is 22.4 Å². The maximum Gasteiger partial charge on any atom is 0.275 e. The van der Waals surface area contributed by atoms with E-state index in [1.165, 1.54) is 6.20 Å². The van der Waals surface area contributed by atoms with Crippen LogP contribution in [0.5, 0.6) is 0 Å². The summed E-state index contributed by atoms with van der Waals surface area (Å²) in [5.41, 5.74) is 2.84. The van der Waals surface area contributed by atoms with Crippen LogP contribution >= 0.6 is 11.6 Å². The molecule has 3 aromatic rings. The molecule has 0 atom stereocenters. The first-order valence-corrected chi connectivity index (χ1v) is 8.68. The third-order valence-corrected chi connectivity index (χ3v) is 4.37. The number of rotatable bonds is 5. The lowest BCUT2D eigenvalue weighted by atomic mass is 10.2. The second-order valence-electron chi connectivity index (χ2n) is 5.76. The fourth-order valence-corrected chi connectivity index (χ4v) is 2.71. The Labute approximate surface area is 157 Å². The standard InChI is InChI=1S/C20H19ClN4O/c1-3-25(16-7-5-4-6-8-16)19-13-22-18(12-23-19)20(26)24-15-10-9-14(2)17(21)11-15/h4-13H,3H2,1-2H3,(H,24,26). The number of amides is 1. The van der Waals surface area contributed by atoms with Gasteiger partial charge in [-0.2, -0.15) is 0 Å². The molecule has 0 bridgehead atoms. The van der Waals surface area contributed by atoms with Crippen molar-refractivity contribution in [2.45, 2.75) is 13.8 Å². The molecule has 0 unspecified atom stereocenters. The lowest BCUT2D eigenvalue weighted by Gasteiger charge is -2.21. The van der Waals surface area contributed by atoms with Gasteiger partial charge in [-0.15, -0.1) is 0 Å². The highest BCUT2D eigenvalue weighted by Crippen LogP contribution is 2.23. The molecular formula is C20H19ClN4O. The molecule has 1 N–H and O–H groups in total. The minimum Gasteiger partial charge on any atom is -0.325 e. The maximum atomic E-state index is 12.4. The van der Waals surface area contributed by atoms with E-state index in [-0.39, 0.29) is 11.6 Å². The second-order valence-corrected chi connectivity index (χ2v) is 6.16. The number of para-hydroxylation sites is 1. The number of nitrogens with one attached hydrogen (secondary N) is 1. The number of benzene rings is 2. The molecule has 0 radical (unpaired) electrons. The topological polar surface area (TPSA) is 58.1 Å². The van der Waals surface area contributed by atoms with Crippen molar-refractivity contribution < 1.29 is 4.79 Å². The van der Waals surface area contributed by atoms with E-state index < -0.39 is 0 Å². The predicted molar refractivity (Wildman–Crippen MR) is 105 cm³/mol. The van der Waals surface area contributed by atoms with Gasteiger partial charge in [-0.25, -0.2) is 9.97 Å². The van der Waals surface area contributed by atoms with Gasteiger partial charge in [-0.1, -0.05) is 35.9 Å². The summed E-state index contributed by atoms with van der Waals surface area (Å²) in [6.45, 7) is 4.69. The lowest BCUT2D eigenvalue weighted by molar-refractivity contribution is 0.102. The number of halogens is 1. The number of nitrogens with zero attached hydrogens (tertiary/aromatic N) is 3. The molecular weight excluding hydrogens is 348 g/mol. The molecule has 1 amide bonds. The molecule has 6 heteroatoms. The molecule has 0 aliphatic rings. The van der Waals surface area contributed by atoms with E-state index in [2.05, 4.69) is 15.3 Å². The van der Waals surface area contributed by atoms with Gasteiger partial charge in [0.05, 0.1) is 12.4 Å². The van der Waals surface area contributed by atoms with Crippen molar-refractivity contribution in [3.8, 4) is 0 Å². The number of hydrogen-bond donors (Lipinski definition) is 1. The molecule has 26 heavy (non-hydrogen) atoms. The number of carbonyl (C=O) groups is 1. The smallest absolute Gasteiger partial charge is 0.275 e. The van der Waals surface area contributed by atoms with Crippen LogP contribution in [0.2, 0.25) is 5.02 Å². The van der Waals surface area contributed by atoms with Crippen LogP contribution in [-0.2, 0) is 0 Å². The number of aromatic nitrogens is 2. The summed E-state index contributed by atoms with van der Waals surface area (Å²) in [4.78, 5) is 23.0. The van der Waals surface area contributed by atoms with Gasteiger partial charge >= 0.3 is 0 Å². The summed E-state index contributed by atoms with van der Waals surface area (Å²) in [5.74, 6) is 0.361. The fourth-order valence-electron chi connectivity index (χ4n) is 2.53. The first kappa shape index (κ1) is 17.9. The molecule has 1 heterocycles. The van der Waals surface area contributed by atoms with Crippen LogP contribution in [0.3, 0.4) is 0 Å². The zero-order valence-corrected chi connectivity index (χ0v) is 15.4. The molecule has 5 nitrogen and oxygen atoms in total. The Bertz CT molecular complexity index is 897. The molecule has 132 valence electrons. The van der Waals surface area contributed by atoms with Gasteiger partial charge in [-0.3, -0.25) is 4.79 Å². The first-order valence-electron chi connectivity index (χ1n) is 8.30. The summed E-state index contributed by atoms with van der Waals surface area (Å²) < 4.78 is 0. The Balaban J connectivity index is 1.76. The third kappa shape index (κ3) is 4.00. The highest BCUT2D eigenvalue weighted by Gasteiger charge is 2.12. The molecule has 0 fully saturated rings. The van der Waals surface area contributed by atoms with Crippen molar-refractivity contribution in [2.24, 2.45) is 0 Å². The zero-order chi connectivity index (χ0) is 18.5. The van der Waals surface area contributed by atoms with E-state index in [1.54, 1.807) is 18.3 Å². The summed E-state index contributed by atoms with van der Waals surface area (Å²) in [6, 6.07) is 15.3. The third-order valence-electron chi connectivity index (χ3n) is 3.96. The average Bonchev–Trinajstić information content (AvgIpc) is 2.67. The summed E-state index contributed by atoms with van der Waals surface area (Å²) >= 11 is 6.09. The Morgan fingerprint density at radius 2 is 1.88 bits per heavy atom. The lowest BCUT2D eigenvalue weighted by Crippen LogP contribution is -2.19. The van der Waals surface area contributed by atoms with E-state index >= 15 is 0 Å². The highest BCUT2D eigenvalue weighted by molar-refractivity contribution is 6.31. The van der Waals surface area contributed by atoms with Gasteiger partial charge in [0.2, 0.25) is 0 Å². The monoisotopic (exact) mass is 366 g/mol. The summed E-state index contributed by atoms with van der Waals surface area (Å²) in [6.07, 6.45) is 3.08. The van der Waals surface area contributed by atoms with Crippen molar-refractivity contribution in [2.75, 3.05) is 16.8 Å². The largest absolute Gasteiger partial charge is 0.325 e. The van der Waals surface area contributed by atoms with Gasteiger partial charge in [0, 0.05) is 22.9 Å². The van der Waals surface area contributed by atoms with Crippen LogP contribution in [0.15, 0.2) is 60.9 Å². The molecule has 0 aliphatic heterocycles. The first-order chi connectivity index (χ1) is 12.6. The molecule has 0 aliphatic carbocycles. The van der Waals surface area contributed by atoms with Gasteiger partial charge in [-0.05, 0) is 43.7 Å². The number of anilines is 3. The normalized spacial score (nSPS) is 10.4. The maximum absolute atomic E-state index is 12.4. The summed E-state index contributed by atoms with van der Waals surface area (Å²) in [5, 5.41) is 3.38. The van der Waals surface area contributed by atoms with Crippen LogP contribution in [0.4, 0.5) is 17.2 Å². The number of carbonyl (C=O) groups excluding carboxylic acids is 1. The summed E-state index contributed by atoms with van der Waals surface area (Å²) in [7, 11) is 0. The van der Waals surface area contributed by atoms with E-state index in [1.807, 2.05) is 55.1 Å². The fraction of sp³-hybridized carbons (Fsp3) is 0.150. The Morgan fingerprint density at radius 3 is 2.50 bits per heavy atom. The predicted octanol–water partition coefficient (Wildman–Crippen LogP) is 4.85.